The van der Waals surface area contributed by atoms with E-state index in [4.69, 9.17) is 14.6 Å². The molecule has 86 valence electrons. The summed E-state index contributed by atoms with van der Waals surface area (Å²) in [5.74, 6) is -0.595. The summed E-state index contributed by atoms with van der Waals surface area (Å²) in [6.45, 7) is 0.871. The van der Waals surface area contributed by atoms with E-state index >= 15 is 0 Å². The van der Waals surface area contributed by atoms with E-state index in [2.05, 4.69) is 0 Å². The summed E-state index contributed by atoms with van der Waals surface area (Å²) in [7, 11) is 1.51. The predicted octanol–water partition coefficient (Wildman–Crippen LogP) is 1.44. The molecule has 0 aromatic heterocycles. The van der Waals surface area contributed by atoms with Gasteiger partial charge in [-0.15, -0.1) is 0 Å². The molecule has 0 bridgehead atoms. The second-order valence-corrected chi connectivity index (χ2v) is 3.81. The number of aliphatic carboxylic acids is 1. The van der Waals surface area contributed by atoms with Gasteiger partial charge in [0.15, 0.2) is 0 Å². The summed E-state index contributed by atoms with van der Waals surface area (Å²) in [6, 6.07) is 5.53. The van der Waals surface area contributed by atoms with Gasteiger partial charge in [0.25, 0.3) is 0 Å². The zero-order valence-corrected chi connectivity index (χ0v) is 9.10. The van der Waals surface area contributed by atoms with Crippen LogP contribution in [0.5, 0.6) is 5.75 Å². The van der Waals surface area contributed by atoms with Crippen LogP contribution in [0.4, 0.5) is 0 Å². The molecule has 2 rings (SSSR count). The Labute approximate surface area is 93.8 Å². The maximum Gasteiger partial charge on any atom is 0.313 e. The van der Waals surface area contributed by atoms with Crippen LogP contribution in [-0.2, 0) is 16.0 Å². The van der Waals surface area contributed by atoms with Crippen LogP contribution in [0.25, 0.3) is 0 Å². The van der Waals surface area contributed by atoms with E-state index in [9.17, 15) is 4.79 Å². The van der Waals surface area contributed by atoms with Crippen molar-refractivity contribution in [1.29, 1.82) is 0 Å². The first kappa shape index (κ1) is 11.0. The van der Waals surface area contributed by atoms with Gasteiger partial charge in [-0.2, -0.15) is 0 Å². The highest BCUT2D eigenvalue weighted by Crippen LogP contribution is 2.29. The Balaban J connectivity index is 2.28. The number of fused-ring (bicyclic) bond motifs is 1. The number of carboxylic acids is 1. The Morgan fingerprint density at radius 1 is 1.62 bits per heavy atom. The van der Waals surface area contributed by atoms with E-state index in [0.29, 0.717) is 6.61 Å². The zero-order chi connectivity index (χ0) is 11.5. The maximum atomic E-state index is 11.1. The third-order valence-electron chi connectivity index (χ3n) is 2.75. The van der Waals surface area contributed by atoms with Crippen LogP contribution in [0.3, 0.4) is 0 Å². The second kappa shape index (κ2) is 4.53. The maximum absolute atomic E-state index is 11.1. The minimum absolute atomic E-state index is 0.189. The van der Waals surface area contributed by atoms with Crippen molar-refractivity contribution in [2.75, 3.05) is 20.3 Å². The number of hydrogen-bond acceptors (Lipinski definition) is 3. The standard InChI is InChI=1S/C12H14O4/c1-15-7-10(12(13)14)8-2-3-11-9(6-8)4-5-16-11/h2-3,6,10H,4-5,7H2,1H3,(H,13,14). The molecule has 0 aliphatic carbocycles. The molecule has 1 aromatic carbocycles. The van der Waals surface area contributed by atoms with E-state index < -0.39 is 11.9 Å². The van der Waals surface area contributed by atoms with Gasteiger partial charge in [0.05, 0.1) is 13.2 Å². The number of benzene rings is 1. The first-order valence-corrected chi connectivity index (χ1v) is 5.19. The molecule has 0 saturated heterocycles. The van der Waals surface area contributed by atoms with Gasteiger partial charge >= 0.3 is 5.97 Å². The summed E-state index contributed by atoms with van der Waals surface area (Å²) < 4.78 is 10.3. The van der Waals surface area contributed by atoms with Gasteiger partial charge in [-0.05, 0) is 17.2 Å². The van der Waals surface area contributed by atoms with Crippen molar-refractivity contribution in [3.63, 3.8) is 0 Å². The van der Waals surface area contributed by atoms with E-state index in [1.807, 2.05) is 12.1 Å². The van der Waals surface area contributed by atoms with Crippen molar-refractivity contribution in [1.82, 2.24) is 0 Å². The Kier molecular flexibility index (Phi) is 3.10. The number of methoxy groups -OCH3 is 1. The van der Waals surface area contributed by atoms with Crippen molar-refractivity contribution < 1.29 is 19.4 Å². The van der Waals surface area contributed by atoms with Gasteiger partial charge in [0.2, 0.25) is 0 Å². The number of carboxylic acid groups (broad SMARTS) is 1. The molecule has 1 aromatic rings. The molecule has 0 fully saturated rings. The molecule has 1 aliphatic rings. The molecule has 1 unspecified atom stereocenters. The van der Waals surface area contributed by atoms with Gasteiger partial charge in [-0.25, -0.2) is 0 Å². The van der Waals surface area contributed by atoms with Crippen LogP contribution in [0, 0.1) is 0 Å². The highest BCUT2D eigenvalue weighted by Gasteiger charge is 2.22. The molecule has 4 nitrogen and oxygen atoms in total. The average Bonchev–Trinajstić information content (AvgIpc) is 2.72. The lowest BCUT2D eigenvalue weighted by atomic mass is 9.97. The van der Waals surface area contributed by atoms with Gasteiger partial charge in [-0.1, -0.05) is 12.1 Å². The summed E-state index contributed by atoms with van der Waals surface area (Å²) in [4.78, 5) is 11.1. The Bertz CT molecular complexity index is 400. The Hall–Kier alpha value is -1.55. The average molecular weight is 222 g/mol. The molecule has 1 aliphatic heterocycles. The minimum Gasteiger partial charge on any atom is -0.493 e. The number of carbonyl (C=O) groups is 1. The van der Waals surface area contributed by atoms with Gasteiger partial charge in [-0.3, -0.25) is 4.79 Å². The molecule has 1 atom stereocenters. The molecule has 4 heteroatoms. The van der Waals surface area contributed by atoms with Gasteiger partial charge in [0.1, 0.15) is 11.7 Å². The van der Waals surface area contributed by atoms with Crippen LogP contribution in [0.15, 0.2) is 18.2 Å². The van der Waals surface area contributed by atoms with Crippen LogP contribution in [0.2, 0.25) is 0 Å². The summed E-state index contributed by atoms with van der Waals surface area (Å²) >= 11 is 0. The number of rotatable bonds is 4. The molecular formula is C12H14O4. The largest absolute Gasteiger partial charge is 0.493 e. The van der Waals surface area contributed by atoms with Crippen molar-refractivity contribution in [3.05, 3.63) is 29.3 Å². The Morgan fingerprint density at radius 3 is 3.12 bits per heavy atom. The first-order valence-electron chi connectivity index (χ1n) is 5.19. The second-order valence-electron chi connectivity index (χ2n) is 3.81. The topological polar surface area (TPSA) is 55.8 Å². The fraction of sp³-hybridized carbons (Fsp3) is 0.417. The summed E-state index contributed by atoms with van der Waals surface area (Å²) in [5.41, 5.74) is 1.86. The van der Waals surface area contributed by atoms with Crippen LogP contribution >= 0.6 is 0 Å². The van der Waals surface area contributed by atoms with Crippen molar-refractivity contribution >= 4 is 5.97 Å². The molecule has 1 heterocycles. The summed E-state index contributed by atoms with van der Waals surface area (Å²) in [5, 5.41) is 9.10. The van der Waals surface area contributed by atoms with Gasteiger partial charge in [0, 0.05) is 13.5 Å². The van der Waals surface area contributed by atoms with E-state index in [1.165, 1.54) is 7.11 Å². The molecular weight excluding hydrogens is 208 g/mol. The predicted molar refractivity (Wildman–Crippen MR) is 57.9 cm³/mol. The molecule has 0 amide bonds. The van der Waals surface area contributed by atoms with Crippen LogP contribution in [-0.4, -0.2) is 31.4 Å². The van der Waals surface area contributed by atoms with Crippen LogP contribution < -0.4 is 4.74 Å². The Morgan fingerprint density at radius 2 is 2.44 bits per heavy atom. The fourth-order valence-corrected chi connectivity index (χ4v) is 1.90. The van der Waals surface area contributed by atoms with E-state index in [0.717, 1.165) is 23.3 Å². The van der Waals surface area contributed by atoms with Gasteiger partial charge < -0.3 is 14.6 Å². The van der Waals surface area contributed by atoms with Crippen molar-refractivity contribution in [2.24, 2.45) is 0 Å². The SMILES string of the molecule is COCC(C(=O)O)c1ccc2c(c1)CCO2. The first-order chi connectivity index (χ1) is 7.72. The lowest BCUT2D eigenvalue weighted by molar-refractivity contribution is -0.140. The quantitative estimate of drug-likeness (QED) is 0.837. The highest BCUT2D eigenvalue weighted by atomic mass is 16.5. The van der Waals surface area contributed by atoms with Crippen LogP contribution in [0.1, 0.15) is 17.0 Å². The lowest BCUT2D eigenvalue weighted by Gasteiger charge is -2.12. The lowest BCUT2D eigenvalue weighted by Crippen LogP contribution is -2.17. The third-order valence-corrected chi connectivity index (χ3v) is 2.75. The summed E-state index contributed by atoms with van der Waals surface area (Å²) in [6.07, 6.45) is 0.850. The smallest absolute Gasteiger partial charge is 0.313 e. The van der Waals surface area contributed by atoms with E-state index in [1.54, 1.807) is 6.07 Å². The molecule has 16 heavy (non-hydrogen) atoms. The normalized spacial score (nSPS) is 15.3. The number of ether oxygens (including phenoxy) is 2. The van der Waals surface area contributed by atoms with Crippen molar-refractivity contribution in [3.8, 4) is 5.75 Å². The molecule has 0 spiro atoms. The monoisotopic (exact) mass is 222 g/mol. The zero-order valence-electron chi connectivity index (χ0n) is 9.10. The molecule has 1 N–H and O–H groups in total. The number of hydrogen-bond donors (Lipinski definition) is 1. The minimum atomic E-state index is -0.860. The van der Waals surface area contributed by atoms with Crippen molar-refractivity contribution in [2.45, 2.75) is 12.3 Å². The highest BCUT2D eigenvalue weighted by molar-refractivity contribution is 5.76. The van der Waals surface area contributed by atoms with E-state index in [-0.39, 0.29) is 6.61 Å². The molecule has 0 radical (unpaired) electrons. The fourth-order valence-electron chi connectivity index (χ4n) is 1.90. The third kappa shape index (κ3) is 2.02. The molecule has 0 saturated carbocycles.